The lowest BCUT2D eigenvalue weighted by atomic mass is 10.00. The molecule has 0 saturated carbocycles. The van der Waals surface area contributed by atoms with Crippen LogP contribution in [0.5, 0.6) is 0 Å². The van der Waals surface area contributed by atoms with E-state index in [-0.39, 0.29) is 6.04 Å². The van der Waals surface area contributed by atoms with E-state index < -0.39 is 12.0 Å². The number of nitrogens with one attached hydrogen (secondary N) is 1. The van der Waals surface area contributed by atoms with Crippen LogP contribution >= 0.6 is 0 Å². The summed E-state index contributed by atoms with van der Waals surface area (Å²) in [5.41, 5.74) is 3.54. The highest BCUT2D eigenvalue weighted by Crippen LogP contribution is 2.28. The predicted molar refractivity (Wildman–Crippen MR) is 78.4 cm³/mol. The highest BCUT2D eigenvalue weighted by molar-refractivity contribution is 5.74. The molecule has 0 radical (unpaired) electrons. The summed E-state index contributed by atoms with van der Waals surface area (Å²) in [6.07, 6.45) is 1.57. The SMILES string of the molecule is O=C(O)C1CCC(c2ccc(-c3ccccc3)cc2)N1. The summed E-state index contributed by atoms with van der Waals surface area (Å²) in [5.74, 6) is -0.756. The Morgan fingerprint density at radius 3 is 2.20 bits per heavy atom. The molecule has 0 bridgehead atoms. The van der Waals surface area contributed by atoms with E-state index in [1.807, 2.05) is 18.2 Å². The van der Waals surface area contributed by atoms with Crippen molar-refractivity contribution in [1.82, 2.24) is 5.32 Å². The maximum absolute atomic E-state index is 11.0. The first-order valence-electron chi connectivity index (χ1n) is 6.88. The van der Waals surface area contributed by atoms with Gasteiger partial charge in [0.05, 0.1) is 0 Å². The Labute approximate surface area is 118 Å². The minimum absolute atomic E-state index is 0.154. The Kier molecular flexibility index (Phi) is 3.52. The summed E-state index contributed by atoms with van der Waals surface area (Å²) < 4.78 is 0. The minimum atomic E-state index is -0.756. The van der Waals surface area contributed by atoms with Crippen LogP contribution in [0.4, 0.5) is 0 Å². The summed E-state index contributed by atoms with van der Waals surface area (Å²) in [6.45, 7) is 0. The maximum Gasteiger partial charge on any atom is 0.320 e. The molecule has 0 spiro atoms. The number of rotatable bonds is 3. The lowest BCUT2D eigenvalue weighted by Gasteiger charge is -2.13. The number of carboxylic acid groups (broad SMARTS) is 1. The highest BCUT2D eigenvalue weighted by atomic mass is 16.4. The van der Waals surface area contributed by atoms with E-state index in [2.05, 4.69) is 41.7 Å². The van der Waals surface area contributed by atoms with Gasteiger partial charge in [-0.3, -0.25) is 10.1 Å². The lowest BCUT2D eigenvalue weighted by molar-refractivity contribution is -0.139. The molecule has 2 unspecified atom stereocenters. The second-order valence-corrected chi connectivity index (χ2v) is 5.18. The number of hydrogen-bond donors (Lipinski definition) is 2. The molecule has 1 fully saturated rings. The summed E-state index contributed by atoms with van der Waals surface area (Å²) in [4.78, 5) is 11.0. The normalized spacial score (nSPS) is 21.8. The topological polar surface area (TPSA) is 49.3 Å². The number of aliphatic carboxylic acids is 1. The van der Waals surface area contributed by atoms with Crippen molar-refractivity contribution in [3.63, 3.8) is 0 Å². The van der Waals surface area contributed by atoms with Gasteiger partial charge in [0, 0.05) is 6.04 Å². The van der Waals surface area contributed by atoms with E-state index in [1.54, 1.807) is 0 Å². The van der Waals surface area contributed by atoms with E-state index >= 15 is 0 Å². The Morgan fingerprint density at radius 1 is 0.950 bits per heavy atom. The Morgan fingerprint density at radius 2 is 1.60 bits per heavy atom. The molecule has 2 aromatic carbocycles. The van der Waals surface area contributed by atoms with Gasteiger partial charge in [0.15, 0.2) is 0 Å². The molecule has 20 heavy (non-hydrogen) atoms. The van der Waals surface area contributed by atoms with E-state index in [9.17, 15) is 4.79 Å². The van der Waals surface area contributed by atoms with Crippen molar-refractivity contribution in [2.75, 3.05) is 0 Å². The van der Waals surface area contributed by atoms with Gasteiger partial charge in [-0.15, -0.1) is 0 Å². The van der Waals surface area contributed by atoms with Crippen molar-refractivity contribution in [3.05, 3.63) is 60.2 Å². The fourth-order valence-corrected chi connectivity index (χ4v) is 2.74. The molecule has 0 aromatic heterocycles. The van der Waals surface area contributed by atoms with E-state index in [0.29, 0.717) is 6.42 Å². The van der Waals surface area contributed by atoms with Gasteiger partial charge in [0.2, 0.25) is 0 Å². The van der Waals surface area contributed by atoms with Crippen molar-refractivity contribution in [3.8, 4) is 11.1 Å². The molecule has 1 aliphatic rings. The molecular formula is C17H17NO2. The van der Waals surface area contributed by atoms with Crippen molar-refractivity contribution in [1.29, 1.82) is 0 Å². The van der Waals surface area contributed by atoms with Gasteiger partial charge in [-0.25, -0.2) is 0 Å². The second-order valence-electron chi connectivity index (χ2n) is 5.18. The van der Waals surface area contributed by atoms with Gasteiger partial charge < -0.3 is 5.11 Å². The summed E-state index contributed by atoms with van der Waals surface area (Å²) in [5, 5.41) is 12.2. The first-order valence-corrected chi connectivity index (χ1v) is 6.88. The van der Waals surface area contributed by atoms with Gasteiger partial charge in [0.1, 0.15) is 6.04 Å². The summed E-state index contributed by atoms with van der Waals surface area (Å²) in [6, 6.07) is 18.3. The van der Waals surface area contributed by atoms with Crippen LogP contribution in [0, 0.1) is 0 Å². The van der Waals surface area contributed by atoms with Crippen LogP contribution in [0.2, 0.25) is 0 Å². The smallest absolute Gasteiger partial charge is 0.320 e. The molecule has 2 N–H and O–H groups in total. The zero-order chi connectivity index (χ0) is 13.9. The molecule has 1 aliphatic heterocycles. The molecule has 3 rings (SSSR count). The Balaban J connectivity index is 1.76. The van der Waals surface area contributed by atoms with E-state index in [0.717, 1.165) is 12.0 Å². The standard InChI is InChI=1S/C17H17NO2/c19-17(20)16-11-10-15(18-16)14-8-6-13(7-9-14)12-4-2-1-3-5-12/h1-9,15-16,18H,10-11H2,(H,19,20). The first-order chi connectivity index (χ1) is 9.74. The van der Waals surface area contributed by atoms with Crippen molar-refractivity contribution in [2.24, 2.45) is 0 Å². The largest absolute Gasteiger partial charge is 0.480 e. The molecule has 0 aliphatic carbocycles. The molecule has 102 valence electrons. The molecule has 2 aromatic rings. The van der Waals surface area contributed by atoms with Gasteiger partial charge in [-0.1, -0.05) is 54.6 Å². The first kappa shape index (κ1) is 12.9. The van der Waals surface area contributed by atoms with E-state index in [4.69, 9.17) is 5.11 Å². The van der Waals surface area contributed by atoms with Crippen LogP contribution in [0.15, 0.2) is 54.6 Å². The van der Waals surface area contributed by atoms with Crippen LogP contribution in [0.25, 0.3) is 11.1 Å². The average molecular weight is 267 g/mol. The highest BCUT2D eigenvalue weighted by Gasteiger charge is 2.29. The van der Waals surface area contributed by atoms with Crippen LogP contribution in [0.3, 0.4) is 0 Å². The molecular weight excluding hydrogens is 250 g/mol. The molecule has 2 atom stereocenters. The zero-order valence-corrected chi connectivity index (χ0v) is 11.1. The third kappa shape index (κ3) is 2.58. The average Bonchev–Trinajstić information content (AvgIpc) is 2.98. The monoisotopic (exact) mass is 267 g/mol. The van der Waals surface area contributed by atoms with Crippen molar-refractivity contribution < 1.29 is 9.90 Å². The predicted octanol–water partition coefficient (Wildman–Crippen LogP) is 3.23. The van der Waals surface area contributed by atoms with Gasteiger partial charge in [-0.2, -0.15) is 0 Å². The fraction of sp³-hybridized carbons (Fsp3) is 0.235. The van der Waals surface area contributed by atoms with Crippen molar-refractivity contribution in [2.45, 2.75) is 24.9 Å². The van der Waals surface area contributed by atoms with Crippen molar-refractivity contribution >= 4 is 5.97 Å². The van der Waals surface area contributed by atoms with Crippen LogP contribution in [-0.4, -0.2) is 17.1 Å². The zero-order valence-electron chi connectivity index (χ0n) is 11.1. The number of carboxylic acids is 1. The molecule has 3 nitrogen and oxygen atoms in total. The lowest BCUT2D eigenvalue weighted by Crippen LogP contribution is -2.31. The van der Waals surface area contributed by atoms with Crippen LogP contribution in [-0.2, 0) is 4.79 Å². The summed E-state index contributed by atoms with van der Waals surface area (Å²) in [7, 11) is 0. The molecule has 1 saturated heterocycles. The quantitative estimate of drug-likeness (QED) is 0.897. The van der Waals surface area contributed by atoms with E-state index in [1.165, 1.54) is 11.1 Å². The maximum atomic E-state index is 11.0. The molecule has 1 heterocycles. The van der Waals surface area contributed by atoms with Crippen LogP contribution in [0.1, 0.15) is 24.4 Å². The third-order valence-electron chi connectivity index (χ3n) is 3.86. The Bertz CT molecular complexity index is 592. The molecule has 0 amide bonds. The summed E-state index contributed by atoms with van der Waals surface area (Å²) >= 11 is 0. The molecule has 3 heteroatoms. The fourth-order valence-electron chi connectivity index (χ4n) is 2.74. The number of hydrogen-bond acceptors (Lipinski definition) is 2. The van der Waals surface area contributed by atoms with Crippen LogP contribution < -0.4 is 5.32 Å². The van der Waals surface area contributed by atoms with Gasteiger partial charge in [0.25, 0.3) is 0 Å². The number of carbonyl (C=O) groups is 1. The third-order valence-corrected chi connectivity index (χ3v) is 3.86. The minimum Gasteiger partial charge on any atom is -0.480 e. The number of benzene rings is 2. The second kappa shape index (κ2) is 5.47. The van der Waals surface area contributed by atoms with Gasteiger partial charge >= 0.3 is 5.97 Å². The Hall–Kier alpha value is -2.13. The van der Waals surface area contributed by atoms with Gasteiger partial charge in [-0.05, 0) is 29.5 Å².